The minimum absolute atomic E-state index is 0.0645. The fourth-order valence-electron chi connectivity index (χ4n) is 2.28. The molecular weight excluding hydrogens is 387 g/mol. The smallest absolute Gasteiger partial charge is 0.288 e. The van der Waals surface area contributed by atoms with Gasteiger partial charge in [-0.15, -0.1) is 0 Å². The number of nitrogens with zero attached hydrogens (tertiary/aromatic N) is 1. The van der Waals surface area contributed by atoms with Crippen molar-refractivity contribution in [1.82, 2.24) is 15.2 Å². The van der Waals surface area contributed by atoms with E-state index in [9.17, 15) is 26.4 Å². The van der Waals surface area contributed by atoms with Crippen LogP contribution in [0.4, 0.5) is 13.2 Å². The lowest BCUT2D eigenvalue weighted by atomic mass is 10.1. The Labute approximate surface area is 153 Å². The first-order valence-corrected chi connectivity index (χ1v) is 9.16. The SMILES string of the molecule is CC[C@@H](NS(=O)(=O)c1ccc(C(F)(F)F)cc1)c1cc(C(=O)NO)ccn1. The maximum atomic E-state index is 12.6. The average molecular weight is 403 g/mol. The predicted molar refractivity (Wildman–Crippen MR) is 88.3 cm³/mol. The Morgan fingerprint density at radius 2 is 1.85 bits per heavy atom. The van der Waals surface area contributed by atoms with Gasteiger partial charge in [0.2, 0.25) is 10.0 Å². The van der Waals surface area contributed by atoms with Gasteiger partial charge in [-0.2, -0.15) is 13.2 Å². The number of hydrogen-bond acceptors (Lipinski definition) is 5. The maximum absolute atomic E-state index is 12.6. The highest BCUT2D eigenvalue weighted by Crippen LogP contribution is 2.30. The summed E-state index contributed by atoms with van der Waals surface area (Å²) in [4.78, 5) is 15.2. The summed E-state index contributed by atoms with van der Waals surface area (Å²) in [6.45, 7) is 1.67. The highest BCUT2D eigenvalue weighted by Gasteiger charge is 2.31. The largest absolute Gasteiger partial charge is 0.416 e. The van der Waals surface area contributed by atoms with E-state index >= 15 is 0 Å². The van der Waals surface area contributed by atoms with Gasteiger partial charge in [0.05, 0.1) is 22.2 Å². The fourth-order valence-corrected chi connectivity index (χ4v) is 3.57. The predicted octanol–water partition coefficient (Wildman–Crippen LogP) is 2.65. The molecule has 1 aromatic carbocycles. The molecule has 0 aliphatic carbocycles. The summed E-state index contributed by atoms with van der Waals surface area (Å²) in [5, 5.41) is 8.68. The molecular formula is C16H16F3N3O4S. The van der Waals surface area contributed by atoms with Gasteiger partial charge in [0.25, 0.3) is 5.91 Å². The number of sulfonamides is 1. The molecule has 11 heteroatoms. The second-order valence-corrected chi connectivity index (χ2v) is 7.23. The van der Waals surface area contributed by atoms with Crippen LogP contribution in [0.25, 0.3) is 0 Å². The molecule has 1 atom stereocenters. The van der Waals surface area contributed by atoms with Gasteiger partial charge in [-0.1, -0.05) is 6.92 Å². The molecule has 2 aromatic rings. The van der Waals surface area contributed by atoms with Gasteiger partial charge >= 0.3 is 6.18 Å². The van der Waals surface area contributed by atoms with Gasteiger partial charge in [0.1, 0.15) is 0 Å². The molecule has 1 aromatic heterocycles. The zero-order valence-electron chi connectivity index (χ0n) is 14.0. The third-order valence-corrected chi connectivity index (χ3v) is 5.19. The number of pyridine rings is 1. The van der Waals surface area contributed by atoms with E-state index in [-0.39, 0.29) is 22.6 Å². The molecule has 0 spiro atoms. The summed E-state index contributed by atoms with van der Waals surface area (Å²) >= 11 is 0. The van der Waals surface area contributed by atoms with Crippen molar-refractivity contribution in [2.75, 3.05) is 0 Å². The van der Waals surface area contributed by atoms with Crippen molar-refractivity contribution in [3.8, 4) is 0 Å². The lowest BCUT2D eigenvalue weighted by Gasteiger charge is -2.17. The molecule has 1 heterocycles. The van der Waals surface area contributed by atoms with Gasteiger partial charge in [-0.05, 0) is 42.8 Å². The highest BCUT2D eigenvalue weighted by molar-refractivity contribution is 7.89. The van der Waals surface area contributed by atoms with E-state index in [1.54, 1.807) is 6.92 Å². The summed E-state index contributed by atoms with van der Waals surface area (Å²) in [7, 11) is -4.13. The van der Waals surface area contributed by atoms with E-state index < -0.39 is 33.7 Å². The Kier molecular flexibility index (Phi) is 6.19. The number of rotatable bonds is 6. The molecule has 0 bridgehead atoms. The quantitative estimate of drug-likeness (QED) is 0.508. The van der Waals surface area contributed by atoms with Gasteiger partial charge in [-0.25, -0.2) is 18.6 Å². The second kappa shape index (κ2) is 8.03. The first kappa shape index (κ1) is 20.8. The van der Waals surface area contributed by atoms with E-state index in [2.05, 4.69) is 9.71 Å². The molecule has 7 nitrogen and oxygen atoms in total. The van der Waals surface area contributed by atoms with Crippen molar-refractivity contribution in [1.29, 1.82) is 0 Å². The molecule has 146 valence electrons. The molecule has 3 N–H and O–H groups in total. The summed E-state index contributed by atoms with van der Waals surface area (Å²) in [5.41, 5.74) is 0.781. The highest BCUT2D eigenvalue weighted by atomic mass is 32.2. The molecule has 0 saturated heterocycles. The first-order chi connectivity index (χ1) is 12.6. The van der Waals surface area contributed by atoms with Crippen LogP contribution in [0.1, 0.15) is 41.0 Å². The molecule has 2 rings (SSSR count). The number of nitrogens with one attached hydrogen (secondary N) is 2. The van der Waals surface area contributed by atoms with Crippen LogP contribution < -0.4 is 10.2 Å². The Bertz CT molecular complexity index is 915. The Morgan fingerprint density at radius 1 is 1.22 bits per heavy atom. The zero-order valence-corrected chi connectivity index (χ0v) is 14.8. The van der Waals surface area contributed by atoms with Crippen molar-refractivity contribution in [3.05, 3.63) is 59.4 Å². The average Bonchev–Trinajstić information content (AvgIpc) is 2.65. The van der Waals surface area contributed by atoms with Crippen LogP contribution in [0.3, 0.4) is 0 Å². The molecule has 0 radical (unpaired) electrons. The van der Waals surface area contributed by atoms with E-state index in [1.165, 1.54) is 23.8 Å². The Morgan fingerprint density at radius 3 is 2.37 bits per heavy atom. The van der Waals surface area contributed by atoms with Crippen LogP contribution in [0.2, 0.25) is 0 Å². The van der Waals surface area contributed by atoms with Crippen molar-refractivity contribution in [3.63, 3.8) is 0 Å². The number of hydroxylamine groups is 1. The molecule has 0 saturated carbocycles. The van der Waals surface area contributed by atoms with Crippen molar-refractivity contribution in [2.24, 2.45) is 0 Å². The Hall–Kier alpha value is -2.50. The minimum Gasteiger partial charge on any atom is -0.288 e. The molecule has 27 heavy (non-hydrogen) atoms. The van der Waals surface area contributed by atoms with Gasteiger partial charge < -0.3 is 0 Å². The van der Waals surface area contributed by atoms with Crippen LogP contribution >= 0.6 is 0 Å². The fraction of sp³-hybridized carbons (Fsp3) is 0.250. The summed E-state index contributed by atoms with van der Waals surface area (Å²) in [6, 6.07) is 4.88. The summed E-state index contributed by atoms with van der Waals surface area (Å²) < 4.78 is 65.1. The van der Waals surface area contributed by atoms with Crippen molar-refractivity contribution in [2.45, 2.75) is 30.5 Å². The lowest BCUT2D eigenvalue weighted by molar-refractivity contribution is -0.137. The summed E-state index contributed by atoms with van der Waals surface area (Å²) in [6.07, 6.45) is -3.04. The number of alkyl halides is 3. The van der Waals surface area contributed by atoms with E-state index in [0.717, 1.165) is 12.1 Å². The van der Waals surface area contributed by atoms with Crippen LogP contribution in [-0.2, 0) is 16.2 Å². The van der Waals surface area contributed by atoms with E-state index in [1.807, 2.05) is 0 Å². The normalized spacial score (nSPS) is 13.2. The van der Waals surface area contributed by atoms with E-state index in [4.69, 9.17) is 5.21 Å². The number of aromatic nitrogens is 1. The molecule has 0 aliphatic rings. The summed E-state index contributed by atoms with van der Waals surface area (Å²) in [5.74, 6) is -0.793. The van der Waals surface area contributed by atoms with Crippen molar-refractivity contribution >= 4 is 15.9 Å². The lowest BCUT2D eigenvalue weighted by Crippen LogP contribution is -2.29. The number of amides is 1. The Balaban J connectivity index is 2.28. The number of hydrogen-bond donors (Lipinski definition) is 3. The second-order valence-electron chi connectivity index (χ2n) is 5.51. The van der Waals surface area contributed by atoms with Crippen LogP contribution in [0.5, 0.6) is 0 Å². The van der Waals surface area contributed by atoms with Crippen LogP contribution in [0.15, 0.2) is 47.5 Å². The number of halogens is 3. The molecule has 0 aliphatic heterocycles. The number of carbonyl (C=O) groups is 1. The minimum atomic E-state index is -4.57. The van der Waals surface area contributed by atoms with Gasteiger partial charge in [0, 0.05) is 11.8 Å². The molecule has 0 fully saturated rings. The first-order valence-electron chi connectivity index (χ1n) is 7.68. The molecule has 1 amide bonds. The van der Waals surface area contributed by atoms with Gasteiger partial charge in [-0.3, -0.25) is 15.0 Å². The number of benzene rings is 1. The van der Waals surface area contributed by atoms with E-state index in [0.29, 0.717) is 12.1 Å². The number of carbonyl (C=O) groups excluding carboxylic acids is 1. The zero-order chi connectivity index (χ0) is 20.2. The standard InChI is InChI=1S/C16H16F3N3O4S/c1-2-13(14-9-10(7-8-20-14)15(23)21-24)22-27(25,26)12-5-3-11(4-6-12)16(17,18)19/h3-9,13,22,24H,2H2,1H3,(H,21,23)/t13-/m1/s1. The van der Waals surface area contributed by atoms with Gasteiger partial charge in [0.15, 0.2) is 0 Å². The maximum Gasteiger partial charge on any atom is 0.416 e. The van der Waals surface area contributed by atoms with Crippen molar-refractivity contribution < 1.29 is 31.6 Å². The van der Waals surface area contributed by atoms with Crippen LogP contribution in [-0.4, -0.2) is 24.5 Å². The molecule has 0 unspecified atom stereocenters. The third kappa shape index (κ3) is 5.02. The third-order valence-electron chi connectivity index (χ3n) is 3.70. The monoisotopic (exact) mass is 403 g/mol. The van der Waals surface area contributed by atoms with Crippen LogP contribution in [0, 0.1) is 0 Å². The topological polar surface area (TPSA) is 108 Å².